The minimum atomic E-state index is -1.34. The molecular formula is C58H86O20. The average Bonchev–Trinajstić information content (AvgIpc) is 3.61. The Hall–Kier alpha value is -4.66. The molecule has 20 heteroatoms. The molecule has 0 amide bonds. The summed E-state index contributed by atoms with van der Waals surface area (Å²) in [4.78, 5) is 99.7. The van der Waals surface area contributed by atoms with Crippen LogP contribution in [0, 0.1) is 56.7 Å². The van der Waals surface area contributed by atoms with Gasteiger partial charge in [-0.25, -0.2) is 0 Å². The number of esters is 8. The molecule has 0 aromatic heterocycles. The lowest BCUT2D eigenvalue weighted by molar-refractivity contribution is -0.335. The van der Waals surface area contributed by atoms with Crippen molar-refractivity contribution in [3.05, 3.63) is 12.2 Å². The van der Waals surface area contributed by atoms with E-state index in [-0.39, 0.29) is 59.2 Å². The van der Waals surface area contributed by atoms with Gasteiger partial charge in [0.15, 0.2) is 49.2 Å². The maximum atomic E-state index is 12.7. The van der Waals surface area contributed by atoms with Crippen LogP contribution >= 0.6 is 0 Å². The van der Waals surface area contributed by atoms with E-state index in [9.17, 15) is 38.4 Å². The molecule has 438 valence electrons. The van der Waals surface area contributed by atoms with E-state index in [1.807, 2.05) is 0 Å². The molecule has 2 saturated heterocycles. The molecule has 20 nitrogen and oxygen atoms in total. The fourth-order valence-corrected chi connectivity index (χ4v) is 16.8. The van der Waals surface area contributed by atoms with E-state index in [0.717, 1.165) is 63.4 Å². The molecule has 7 fully saturated rings. The zero-order chi connectivity index (χ0) is 57.6. The Bertz CT molecular complexity index is 2310. The lowest BCUT2D eigenvalue weighted by Gasteiger charge is -2.73. The van der Waals surface area contributed by atoms with E-state index in [4.69, 9.17) is 56.8 Å². The third-order valence-electron chi connectivity index (χ3n) is 19.9. The first-order valence-electron chi connectivity index (χ1n) is 27.9. The Kier molecular flexibility index (Phi) is 18.3. The summed E-state index contributed by atoms with van der Waals surface area (Å²) in [5, 5.41) is 0. The first-order valence-corrected chi connectivity index (χ1v) is 27.9. The maximum Gasteiger partial charge on any atom is 0.303 e. The highest BCUT2D eigenvalue weighted by Crippen LogP contribution is 2.77. The summed E-state index contributed by atoms with van der Waals surface area (Å²) in [6, 6.07) is 0. The molecule has 2 aliphatic heterocycles. The van der Waals surface area contributed by atoms with Gasteiger partial charge < -0.3 is 56.8 Å². The van der Waals surface area contributed by atoms with Crippen LogP contribution in [-0.4, -0.2) is 135 Å². The van der Waals surface area contributed by atoms with Gasteiger partial charge in [0.05, 0.1) is 12.7 Å². The molecule has 5 aliphatic carbocycles. The molecule has 0 radical (unpaired) electrons. The van der Waals surface area contributed by atoms with E-state index in [0.29, 0.717) is 18.3 Å². The van der Waals surface area contributed by atoms with Crippen molar-refractivity contribution in [2.24, 2.45) is 56.7 Å². The number of fused-ring (bicyclic) bond motifs is 7. The van der Waals surface area contributed by atoms with E-state index in [2.05, 4.69) is 48.1 Å². The van der Waals surface area contributed by atoms with Crippen molar-refractivity contribution in [3.8, 4) is 0 Å². The fraction of sp³-hybridized carbons (Fsp3) is 0.828. The maximum absolute atomic E-state index is 12.7. The van der Waals surface area contributed by atoms with Crippen LogP contribution in [0.5, 0.6) is 0 Å². The quantitative estimate of drug-likeness (QED) is 0.0641. The summed E-state index contributed by atoms with van der Waals surface area (Å²) in [5.41, 5.74) is 0.0791. The van der Waals surface area contributed by atoms with Crippen LogP contribution in [0.3, 0.4) is 0 Å². The Morgan fingerprint density at radius 3 is 1.44 bits per heavy atom. The minimum Gasteiger partial charge on any atom is -0.463 e. The average molecular weight is 1100 g/mol. The van der Waals surface area contributed by atoms with E-state index in [1.54, 1.807) is 0 Å². The predicted molar refractivity (Wildman–Crippen MR) is 274 cm³/mol. The lowest BCUT2D eigenvalue weighted by Crippen LogP contribution is -2.68. The Balaban J connectivity index is 1.15. The third-order valence-corrected chi connectivity index (χ3v) is 19.9. The lowest BCUT2D eigenvalue weighted by atomic mass is 9.32. The highest BCUT2D eigenvalue weighted by atomic mass is 16.8. The molecule has 0 spiro atoms. The number of carbonyl (C=O) groups excluding carboxylic acids is 8. The third kappa shape index (κ3) is 11.9. The summed E-state index contributed by atoms with van der Waals surface area (Å²) in [6.07, 6.45) is -4.23. The van der Waals surface area contributed by atoms with E-state index < -0.39 is 121 Å². The van der Waals surface area contributed by atoms with Crippen molar-refractivity contribution in [2.75, 3.05) is 19.8 Å². The number of allylic oxidation sites excluding steroid dienone is 1. The molecule has 7 aliphatic rings. The predicted octanol–water partition coefficient (Wildman–Crippen LogP) is 7.21. The van der Waals surface area contributed by atoms with Gasteiger partial charge in [0.1, 0.15) is 25.4 Å². The van der Waals surface area contributed by atoms with Gasteiger partial charge in [-0.2, -0.15) is 0 Å². The van der Waals surface area contributed by atoms with Crippen molar-refractivity contribution in [3.63, 3.8) is 0 Å². The SMILES string of the molecule is C=C(C)[C@@H]1CC[C@]2(CO[C@@H]3O[C@H](COC(C)=O)[C@@H](OC(C)=O)[C@H](OC(C)=O)[C@H]3OC(C)=O)CC[C@]3(C)[C@H](CCC4[C@@]5(C)CC[C@@H](O[C@@H]6O[C@H](COC(C)=O)[C@@H](OC(C)=O)[C@H](OC(C)=O)[C@H]6OC(C)=O)C(C)(C)[C@@H]5CC[C@]43C)[C@@H]12. The summed E-state index contributed by atoms with van der Waals surface area (Å²) >= 11 is 0. The molecule has 2 heterocycles. The molecule has 20 atom stereocenters. The number of hydrogen-bond donors (Lipinski definition) is 0. The van der Waals surface area contributed by atoms with Gasteiger partial charge in [-0.05, 0) is 128 Å². The normalized spacial score (nSPS) is 41.4. The van der Waals surface area contributed by atoms with Gasteiger partial charge in [0.2, 0.25) is 0 Å². The standard InChI is InChI=1S/C58H86O20/c1-29(2)38-18-23-58(28-69-52-50(74-36(9)65)48(72-34(7)63)46(70-32(5)61)40(76-52)26-67-30(3)59)25-24-56(14)39(45(38)58)16-17-43-55(13)21-20-44(54(11,12)42(55)19-22-57(43,56)15)78-53-51(75-37(10)66)49(73-35(8)64)47(71-33(6)62)41(77-53)27-68-31(4)60/h38-53H,1,16-28H2,2-15H3/t38-,39+,40+,41+,42-,43?,44+,45+,46+,47+,48-,49-,50+,51+,52+,53-,55-,56+,57+,58+/m0/s1. The number of carbonyl (C=O) groups is 8. The summed E-state index contributed by atoms with van der Waals surface area (Å²) in [6.45, 7) is 27.9. The van der Waals surface area contributed by atoms with Gasteiger partial charge in [0.25, 0.3) is 0 Å². The largest absolute Gasteiger partial charge is 0.463 e. The summed E-state index contributed by atoms with van der Waals surface area (Å²) < 4.78 is 71.8. The smallest absolute Gasteiger partial charge is 0.303 e. The van der Waals surface area contributed by atoms with Gasteiger partial charge in [-0.3, -0.25) is 38.4 Å². The van der Waals surface area contributed by atoms with Crippen LogP contribution in [-0.2, 0) is 95.2 Å². The molecule has 0 bridgehead atoms. The van der Waals surface area contributed by atoms with Crippen LogP contribution in [0.2, 0.25) is 0 Å². The monoisotopic (exact) mass is 1100 g/mol. The zero-order valence-corrected chi connectivity index (χ0v) is 48.3. The summed E-state index contributed by atoms with van der Waals surface area (Å²) in [7, 11) is 0. The molecule has 0 aromatic rings. The van der Waals surface area contributed by atoms with Crippen molar-refractivity contribution in [1.82, 2.24) is 0 Å². The van der Waals surface area contributed by atoms with Crippen LogP contribution in [0.1, 0.15) is 161 Å². The number of rotatable bonds is 16. The second-order valence-corrected chi connectivity index (χ2v) is 25.0. The topological polar surface area (TPSA) is 247 Å². The van der Waals surface area contributed by atoms with Gasteiger partial charge >= 0.3 is 47.8 Å². The van der Waals surface area contributed by atoms with Crippen molar-refractivity contribution >= 4 is 47.8 Å². The van der Waals surface area contributed by atoms with Gasteiger partial charge in [-0.15, -0.1) is 0 Å². The summed E-state index contributed by atoms with van der Waals surface area (Å²) in [5.74, 6) is -4.21. The van der Waals surface area contributed by atoms with E-state index in [1.165, 1.54) is 55.4 Å². The molecule has 5 saturated carbocycles. The highest BCUT2D eigenvalue weighted by molar-refractivity contribution is 5.70. The van der Waals surface area contributed by atoms with Crippen molar-refractivity contribution in [1.29, 1.82) is 0 Å². The first kappa shape index (κ1) is 61.0. The number of hydrogen-bond acceptors (Lipinski definition) is 20. The van der Waals surface area contributed by atoms with Crippen LogP contribution in [0.15, 0.2) is 12.2 Å². The first-order chi connectivity index (χ1) is 36.4. The highest BCUT2D eigenvalue weighted by Gasteiger charge is 2.71. The second-order valence-electron chi connectivity index (χ2n) is 25.0. The Labute approximate surface area is 458 Å². The molecule has 78 heavy (non-hydrogen) atoms. The van der Waals surface area contributed by atoms with Crippen molar-refractivity contribution in [2.45, 2.75) is 229 Å². The molecule has 0 N–H and O–H groups in total. The molecule has 0 aromatic carbocycles. The Morgan fingerprint density at radius 2 is 0.949 bits per heavy atom. The molecular weight excluding hydrogens is 1020 g/mol. The second kappa shape index (κ2) is 23.4. The Morgan fingerprint density at radius 1 is 0.474 bits per heavy atom. The number of ether oxygens (including phenoxy) is 12. The van der Waals surface area contributed by atoms with E-state index >= 15 is 0 Å². The van der Waals surface area contributed by atoms with Crippen LogP contribution in [0.25, 0.3) is 0 Å². The van der Waals surface area contributed by atoms with Gasteiger partial charge in [-0.1, -0.05) is 46.8 Å². The van der Waals surface area contributed by atoms with Crippen molar-refractivity contribution < 1.29 is 95.2 Å². The zero-order valence-electron chi connectivity index (χ0n) is 48.3. The molecule has 7 rings (SSSR count). The van der Waals surface area contributed by atoms with Crippen LogP contribution < -0.4 is 0 Å². The minimum absolute atomic E-state index is 0.0696. The van der Waals surface area contributed by atoms with Crippen LogP contribution in [0.4, 0.5) is 0 Å². The molecule has 1 unspecified atom stereocenters. The fourth-order valence-electron chi connectivity index (χ4n) is 16.8. The van der Waals surface area contributed by atoms with Gasteiger partial charge in [0, 0.05) is 55.4 Å².